The standard InChI is InChI=1S/C31H30Cl3N3O3/c1-35(29(38)21-9-12-23(32)13-10-21)27-15-17-36(19-24(27)22-11-14-25(33)26(34)18-22)31(40)28-8-5-16-37(28)30(39)20-6-3-2-4-7-20/h2-4,6-7,9-14,18,24,27-28H,5,8,15-17,19H2,1H3/t24-,27+,28+/m0/s1. The third-order valence-corrected chi connectivity index (χ3v) is 8.98. The van der Waals surface area contributed by atoms with E-state index in [0.717, 1.165) is 12.0 Å². The zero-order valence-electron chi connectivity index (χ0n) is 22.1. The van der Waals surface area contributed by atoms with Crippen LogP contribution in [0.25, 0.3) is 0 Å². The quantitative estimate of drug-likeness (QED) is 0.341. The van der Waals surface area contributed by atoms with Crippen molar-refractivity contribution in [1.29, 1.82) is 0 Å². The van der Waals surface area contributed by atoms with Crippen LogP contribution < -0.4 is 0 Å². The summed E-state index contributed by atoms with van der Waals surface area (Å²) in [5.74, 6) is -0.507. The molecule has 6 nitrogen and oxygen atoms in total. The van der Waals surface area contributed by atoms with Crippen molar-refractivity contribution < 1.29 is 14.4 Å². The third-order valence-electron chi connectivity index (χ3n) is 7.99. The molecule has 0 spiro atoms. The summed E-state index contributed by atoms with van der Waals surface area (Å²) in [6, 6.07) is 20.7. The van der Waals surface area contributed by atoms with Gasteiger partial charge in [-0.05, 0) is 73.4 Å². The Morgan fingerprint density at radius 3 is 2.25 bits per heavy atom. The highest BCUT2D eigenvalue weighted by Crippen LogP contribution is 2.35. The van der Waals surface area contributed by atoms with Gasteiger partial charge in [0.15, 0.2) is 0 Å². The highest BCUT2D eigenvalue weighted by Gasteiger charge is 2.42. The first-order valence-corrected chi connectivity index (χ1v) is 14.5. The fraction of sp³-hybridized carbons (Fsp3) is 0.323. The van der Waals surface area contributed by atoms with Gasteiger partial charge in [0.2, 0.25) is 5.91 Å². The van der Waals surface area contributed by atoms with Crippen LogP contribution in [0.4, 0.5) is 0 Å². The number of likely N-dealkylation sites (tertiary alicyclic amines) is 2. The van der Waals surface area contributed by atoms with Gasteiger partial charge in [-0.2, -0.15) is 0 Å². The van der Waals surface area contributed by atoms with Crippen LogP contribution in [-0.4, -0.2) is 71.2 Å². The Hall–Kier alpha value is -3.06. The van der Waals surface area contributed by atoms with Crippen LogP contribution in [0.3, 0.4) is 0 Å². The number of nitrogens with zero attached hydrogens (tertiary/aromatic N) is 3. The van der Waals surface area contributed by atoms with Gasteiger partial charge in [-0.3, -0.25) is 14.4 Å². The fourth-order valence-electron chi connectivity index (χ4n) is 5.84. The maximum Gasteiger partial charge on any atom is 0.254 e. The topological polar surface area (TPSA) is 60.9 Å². The Balaban J connectivity index is 1.39. The molecule has 2 heterocycles. The number of carbonyl (C=O) groups is 3. The van der Waals surface area contributed by atoms with E-state index in [1.54, 1.807) is 59.3 Å². The van der Waals surface area contributed by atoms with E-state index >= 15 is 0 Å². The molecule has 208 valence electrons. The molecule has 3 atom stereocenters. The third kappa shape index (κ3) is 5.85. The summed E-state index contributed by atoms with van der Waals surface area (Å²) in [5.41, 5.74) is 2.02. The molecule has 2 fully saturated rings. The average Bonchev–Trinajstić information content (AvgIpc) is 3.47. The zero-order valence-corrected chi connectivity index (χ0v) is 24.4. The number of amides is 3. The highest BCUT2D eigenvalue weighted by atomic mass is 35.5. The van der Waals surface area contributed by atoms with Crippen molar-refractivity contribution in [2.24, 2.45) is 0 Å². The van der Waals surface area contributed by atoms with Crippen LogP contribution in [0, 0.1) is 0 Å². The zero-order chi connectivity index (χ0) is 28.4. The molecule has 0 radical (unpaired) electrons. The van der Waals surface area contributed by atoms with Gasteiger partial charge in [0.1, 0.15) is 6.04 Å². The first-order chi connectivity index (χ1) is 19.2. The van der Waals surface area contributed by atoms with E-state index in [0.29, 0.717) is 58.7 Å². The Morgan fingerprint density at radius 1 is 0.825 bits per heavy atom. The van der Waals surface area contributed by atoms with Crippen LogP contribution in [-0.2, 0) is 4.79 Å². The Labute approximate surface area is 249 Å². The normalized spacial score (nSPS) is 20.9. The van der Waals surface area contributed by atoms with Crippen molar-refractivity contribution in [1.82, 2.24) is 14.7 Å². The summed E-state index contributed by atoms with van der Waals surface area (Å²) in [4.78, 5) is 45.9. The van der Waals surface area contributed by atoms with Crippen molar-refractivity contribution in [3.63, 3.8) is 0 Å². The smallest absolute Gasteiger partial charge is 0.254 e. The summed E-state index contributed by atoms with van der Waals surface area (Å²) in [5, 5.41) is 1.42. The summed E-state index contributed by atoms with van der Waals surface area (Å²) >= 11 is 18.6. The molecule has 0 N–H and O–H groups in total. The number of benzene rings is 3. The SMILES string of the molecule is CN(C(=O)c1ccc(Cl)cc1)[C@@H]1CCN(C(=O)[C@H]2CCCN2C(=O)c2ccccc2)C[C@H]1c1ccc(Cl)c(Cl)c1. The number of hydrogen-bond acceptors (Lipinski definition) is 3. The van der Waals surface area contributed by atoms with E-state index in [1.807, 2.05) is 35.2 Å². The number of likely N-dealkylation sites (N-methyl/N-ethyl adjacent to an activating group) is 1. The molecular formula is C31H30Cl3N3O3. The molecule has 0 aromatic heterocycles. The van der Waals surface area contributed by atoms with Crippen LogP contribution in [0.5, 0.6) is 0 Å². The summed E-state index contributed by atoms with van der Waals surface area (Å²) < 4.78 is 0. The van der Waals surface area contributed by atoms with E-state index in [4.69, 9.17) is 34.8 Å². The van der Waals surface area contributed by atoms with E-state index in [9.17, 15) is 14.4 Å². The van der Waals surface area contributed by atoms with Crippen molar-refractivity contribution in [3.8, 4) is 0 Å². The Bertz CT molecular complexity index is 1400. The first-order valence-electron chi connectivity index (χ1n) is 13.4. The second-order valence-electron chi connectivity index (χ2n) is 10.4. The molecule has 3 aromatic carbocycles. The van der Waals surface area contributed by atoms with Gasteiger partial charge in [-0.15, -0.1) is 0 Å². The van der Waals surface area contributed by atoms with Gasteiger partial charge in [-0.1, -0.05) is 59.1 Å². The number of carbonyl (C=O) groups excluding carboxylic acids is 3. The van der Waals surface area contributed by atoms with Gasteiger partial charge in [-0.25, -0.2) is 0 Å². The van der Waals surface area contributed by atoms with Gasteiger partial charge in [0, 0.05) is 54.8 Å². The largest absolute Gasteiger partial charge is 0.340 e. The lowest BCUT2D eigenvalue weighted by Gasteiger charge is -2.44. The van der Waals surface area contributed by atoms with Gasteiger partial charge in [0.25, 0.3) is 11.8 Å². The minimum Gasteiger partial charge on any atom is -0.340 e. The van der Waals surface area contributed by atoms with Gasteiger partial charge < -0.3 is 14.7 Å². The molecule has 40 heavy (non-hydrogen) atoms. The van der Waals surface area contributed by atoms with E-state index in [1.165, 1.54) is 0 Å². The van der Waals surface area contributed by atoms with E-state index in [-0.39, 0.29) is 29.7 Å². The molecule has 2 aliphatic heterocycles. The van der Waals surface area contributed by atoms with Crippen LogP contribution >= 0.6 is 34.8 Å². The fourth-order valence-corrected chi connectivity index (χ4v) is 6.28. The molecule has 3 aromatic rings. The average molecular weight is 599 g/mol. The number of halogens is 3. The lowest BCUT2D eigenvalue weighted by Crippen LogP contribution is -2.55. The first kappa shape index (κ1) is 28.5. The molecule has 0 aliphatic carbocycles. The predicted octanol–water partition coefficient (Wildman–Crippen LogP) is 6.41. The molecule has 2 saturated heterocycles. The van der Waals surface area contributed by atoms with E-state index < -0.39 is 6.04 Å². The second kappa shape index (κ2) is 12.2. The maximum atomic E-state index is 13.9. The molecule has 0 bridgehead atoms. The van der Waals surface area contributed by atoms with Crippen molar-refractivity contribution >= 4 is 52.5 Å². The second-order valence-corrected chi connectivity index (χ2v) is 11.6. The van der Waals surface area contributed by atoms with Crippen LogP contribution in [0.1, 0.15) is 51.5 Å². The molecule has 2 aliphatic rings. The van der Waals surface area contributed by atoms with Crippen molar-refractivity contribution in [3.05, 3.63) is 105 Å². The lowest BCUT2D eigenvalue weighted by molar-refractivity contribution is -0.137. The van der Waals surface area contributed by atoms with Gasteiger partial charge >= 0.3 is 0 Å². The number of hydrogen-bond donors (Lipinski definition) is 0. The van der Waals surface area contributed by atoms with E-state index in [2.05, 4.69) is 0 Å². The molecule has 0 saturated carbocycles. The molecule has 5 rings (SSSR count). The minimum atomic E-state index is -0.507. The van der Waals surface area contributed by atoms with Gasteiger partial charge in [0.05, 0.1) is 10.0 Å². The monoisotopic (exact) mass is 597 g/mol. The highest BCUT2D eigenvalue weighted by molar-refractivity contribution is 6.42. The maximum absolute atomic E-state index is 13.9. The van der Waals surface area contributed by atoms with Crippen LogP contribution in [0.15, 0.2) is 72.8 Å². The molecule has 9 heteroatoms. The molecule has 3 amide bonds. The summed E-state index contributed by atoms with van der Waals surface area (Å²) in [6.45, 7) is 1.42. The molecular weight excluding hydrogens is 569 g/mol. The summed E-state index contributed by atoms with van der Waals surface area (Å²) in [7, 11) is 1.79. The van der Waals surface area contributed by atoms with Crippen molar-refractivity contribution in [2.75, 3.05) is 26.7 Å². The number of piperidine rings is 1. The van der Waals surface area contributed by atoms with Crippen molar-refractivity contribution in [2.45, 2.75) is 37.3 Å². The Morgan fingerprint density at radius 2 is 1.55 bits per heavy atom. The minimum absolute atomic E-state index is 0.0584. The predicted molar refractivity (Wildman–Crippen MR) is 158 cm³/mol. The van der Waals surface area contributed by atoms with Crippen LogP contribution in [0.2, 0.25) is 15.1 Å². The molecule has 0 unspecified atom stereocenters. The lowest BCUT2D eigenvalue weighted by atomic mass is 9.84. The Kier molecular flexibility index (Phi) is 8.69. The summed E-state index contributed by atoms with van der Waals surface area (Å²) in [6.07, 6.45) is 1.98. The number of rotatable bonds is 5.